The quantitative estimate of drug-likeness (QED) is 0.664. The number of aryl methyl sites for hydroxylation is 1. The Balaban J connectivity index is 0.000000260. The van der Waals surface area contributed by atoms with Crippen LogP contribution in [0.2, 0.25) is 0 Å². The molecule has 0 atom stereocenters. The number of nitrogens with zero attached hydrogens (tertiary/aromatic N) is 7. The molecule has 0 unspecified atom stereocenters. The lowest BCUT2D eigenvalue weighted by Gasteiger charge is -2.25. The summed E-state index contributed by atoms with van der Waals surface area (Å²) < 4.78 is 7.17. The molecule has 3 aromatic heterocycles. The predicted molar refractivity (Wildman–Crippen MR) is 122 cm³/mol. The van der Waals surface area contributed by atoms with Gasteiger partial charge in [0.15, 0.2) is 5.65 Å². The lowest BCUT2D eigenvalue weighted by molar-refractivity contribution is -0.127. The highest BCUT2D eigenvalue weighted by Crippen LogP contribution is 2.30. The molecule has 2 aliphatic heterocycles. The lowest BCUT2D eigenvalue weighted by Crippen LogP contribution is -2.27. The summed E-state index contributed by atoms with van der Waals surface area (Å²) >= 11 is 0. The molecule has 0 spiro atoms. The number of anilines is 2. The maximum atomic E-state index is 10.6. The molecular weight excluding hydrogens is 408 g/mol. The fourth-order valence-corrected chi connectivity index (χ4v) is 3.99. The number of likely N-dealkylation sites (N-methyl/N-ethyl adjacent to an activating group) is 1. The fraction of sp³-hybridized carbons (Fsp3) is 0.500. The van der Waals surface area contributed by atoms with Gasteiger partial charge in [0, 0.05) is 52.8 Å². The molecule has 32 heavy (non-hydrogen) atoms. The van der Waals surface area contributed by atoms with E-state index in [0.29, 0.717) is 11.8 Å². The molecule has 0 bridgehead atoms. The summed E-state index contributed by atoms with van der Waals surface area (Å²) in [6, 6.07) is 2.08. The largest absolute Gasteiger partial charge is 0.480 e. The molecule has 0 aromatic carbocycles. The monoisotopic (exact) mass is 438 g/mol. The zero-order valence-corrected chi connectivity index (χ0v) is 19.1. The van der Waals surface area contributed by atoms with Gasteiger partial charge in [-0.1, -0.05) is 0 Å². The highest BCUT2D eigenvalue weighted by molar-refractivity contribution is 5.75. The van der Waals surface area contributed by atoms with E-state index in [4.69, 9.17) is 4.74 Å². The summed E-state index contributed by atoms with van der Waals surface area (Å²) in [5, 5.41) is 8.32. The maximum absolute atomic E-state index is 10.6. The number of aromatic nitrogens is 5. The number of likely N-dealkylation sites (tertiary alicyclic amines) is 1. The van der Waals surface area contributed by atoms with Gasteiger partial charge in [0.05, 0.1) is 24.4 Å². The van der Waals surface area contributed by atoms with Crippen molar-refractivity contribution < 1.29 is 9.53 Å². The van der Waals surface area contributed by atoms with E-state index in [-0.39, 0.29) is 5.91 Å². The minimum absolute atomic E-state index is 0.225. The van der Waals surface area contributed by atoms with E-state index in [0.717, 1.165) is 55.0 Å². The molecule has 1 amide bonds. The second kappa shape index (κ2) is 9.47. The van der Waals surface area contributed by atoms with E-state index in [1.807, 2.05) is 11.9 Å². The van der Waals surface area contributed by atoms with Crippen molar-refractivity contribution >= 4 is 28.6 Å². The molecule has 5 rings (SSSR count). The van der Waals surface area contributed by atoms with Crippen LogP contribution in [0.4, 0.5) is 11.6 Å². The van der Waals surface area contributed by atoms with Crippen LogP contribution in [0.3, 0.4) is 0 Å². The number of nitrogens with one attached hydrogen (secondary N) is 1. The molecule has 170 valence electrons. The number of rotatable bonds is 3. The second-order valence-electron chi connectivity index (χ2n) is 8.22. The Morgan fingerprint density at radius 1 is 1.12 bits per heavy atom. The third-order valence-corrected chi connectivity index (χ3v) is 5.79. The first kappa shape index (κ1) is 21.9. The number of hydrogen-bond acceptors (Lipinski definition) is 8. The van der Waals surface area contributed by atoms with Gasteiger partial charge in [-0.15, -0.1) is 0 Å². The molecule has 1 N–H and O–H groups in total. The van der Waals surface area contributed by atoms with E-state index in [1.165, 1.54) is 18.4 Å². The van der Waals surface area contributed by atoms with Crippen molar-refractivity contribution in [3.8, 4) is 5.88 Å². The van der Waals surface area contributed by atoms with Crippen molar-refractivity contribution in [3.05, 3.63) is 29.7 Å². The summed E-state index contributed by atoms with van der Waals surface area (Å²) in [6.45, 7) is 5.48. The first-order valence-corrected chi connectivity index (χ1v) is 10.9. The first-order chi connectivity index (χ1) is 15.4. The Hall–Kier alpha value is -3.27. The van der Waals surface area contributed by atoms with E-state index in [1.54, 1.807) is 31.1 Å². The summed E-state index contributed by atoms with van der Waals surface area (Å²) in [6.07, 6.45) is 6.82. The summed E-state index contributed by atoms with van der Waals surface area (Å²) in [5.41, 5.74) is 3.84. The minimum Gasteiger partial charge on any atom is -0.480 e. The number of methoxy groups -OCH3 is 1. The average molecular weight is 439 g/mol. The van der Waals surface area contributed by atoms with Crippen molar-refractivity contribution in [3.63, 3.8) is 0 Å². The van der Waals surface area contributed by atoms with E-state index < -0.39 is 0 Å². The third-order valence-electron chi connectivity index (χ3n) is 5.79. The number of pyridine rings is 1. The zero-order valence-electron chi connectivity index (χ0n) is 19.1. The van der Waals surface area contributed by atoms with Crippen LogP contribution in [-0.2, 0) is 24.8 Å². The molecule has 0 saturated carbocycles. The number of ether oxygens (including phenoxy) is 1. The smallest absolute Gasteiger partial charge is 0.237 e. The highest BCUT2D eigenvalue weighted by Gasteiger charge is 2.19. The van der Waals surface area contributed by atoms with Gasteiger partial charge in [0.1, 0.15) is 5.69 Å². The van der Waals surface area contributed by atoms with Crippen LogP contribution < -0.4 is 10.1 Å². The van der Waals surface area contributed by atoms with Crippen LogP contribution in [-0.4, -0.2) is 74.2 Å². The summed E-state index contributed by atoms with van der Waals surface area (Å²) in [7, 11) is 5.59. The van der Waals surface area contributed by atoms with E-state index in [2.05, 4.69) is 43.4 Å². The number of hydrogen-bond donors (Lipinski definition) is 1. The van der Waals surface area contributed by atoms with Gasteiger partial charge in [0.25, 0.3) is 0 Å². The number of carbonyl (C=O) groups is 1. The SMILES string of the molecule is CC(=O)N1CCCC1.COc1nc2c(cc1Nc1ncc3cnn(C)c3n1)CN(C)CC2. The lowest BCUT2D eigenvalue weighted by atomic mass is 10.1. The molecule has 10 nitrogen and oxygen atoms in total. The van der Waals surface area contributed by atoms with Crippen LogP contribution in [0, 0.1) is 0 Å². The van der Waals surface area contributed by atoms with Crippen molar-refractivity contribution in [2.24, 2.45) is 7.05 Å². The number of carbonyl (C=O) groups excluding carboxylic acids is 1. The number of amides is 1. The van der Waals surface area contributed by atoms with Crippen molar-refractivity contribution in [2.45, 2.75) is 32.7 Å². The van der Waals surface area contributed by atoms with Gasteiger partial charge in [-0.3, -0.25) is 9.48 Å². The molecule has 1 fully saturated rings. The highest BCUT2D eigenvalue weighted by atomic mass is 16.5. The Kier molecular flexibility index (Phi) is 6.50. The Bertz CT molecular complexity index is 1110. The summed E-state index contributed by atoms with van der Waals surface area (Å²) in [4.78, 5) is 28.3. The van der Waals surface area contributed by atoms with Crippen LogP contribution >= 0.6 is 0 Å². The van der Waals surface area contributed by atoms with E-state index in [9.17, 15) is 4.79 Å². The predicted octanol–water partition coefficient (Wildman–Crippen LogP) is 2.13. The van der Waals surface area contributed by atoms with Crippen LogP contribution in [0.1, 0.15) is 31.0 Å². The molecule has 5 heterocycles. The fourth-order valence-electron chi connectivity index (χ4n) is 3.99. The van der Waals surface area contributed by atoms with Crippen LogP contribution in [0.5, 0.6) is 5.88 Å². The molecule has 10 heteroatoms. The Labute approximate surface area is 187 Å². The maximum Gasteiger partial charge on any atom is 0.237 e. The topological polar surface area (TPSA) is 101 Å². The molecule has 2 aliphatic rings. The van der Waals surface area contributed by atoms with Gasteiger partial charge in [-0.05, 0) is 31.5 Å². The molecule has 0 radical (unpaired) electrons. The zero-order chi connectivity index (χ0) is 22.7. The Morgan fingerprint density at radius 3 is 2.59 bits per heavy atom. The van der Waals surface area contributed by atoms with Gasteiger partial charge >= 0.3 is 0 Å². The summed E-state index contributed by atoms with van der Waals surface area (Å²) in [5.74, 6) is 1.28. The van der Waals surface area contributed by atoms with Crippen molar-refractivity contribution in [1.29, 1.82) is 0 Å². The molecule has 1 saturated heterocycles. The third kappa shape index (κ3) is 4.80. The van der Waals surface area contributed by atoms with Gasteiger partial charge in [-0.2, -0.15) is 10.1 Å². The minimum atomic E-state index is 0.225. The van der Waals surface area contributed by atoms with Gasteiger partial charge in [0.2, 0.25) is 17.7 Å². The van der Waals surface area contributed by atoms with Crippen LogP contribution in [0.15, 0.2) is 18.5 Å². The molecule has 0 aliphatic carbocycles. The standard InChI is InChI=1S/C16H19N7O.C6H11NO/c1-22-5-4-12-10(9-22)6-13(15(19-12)24-3)20-16-17-7-11-8-18-23(2)14(11)21-16;1-6(8)7-4-2-3-5-7/h6-8H,4-5,9H2,1-3H3,(H,17,20,21);2-5H2,1H3. The van der Waals surface area contributed by atoms with Crippen molar-refractivity contribution in [2.75, 3.05) is 39.1 Å². The number of fused-ring (bicyclic) bond motifs is 2. The van der Waals surface area contributed by atoms with Gasteiger partial charge in [-0.25, -0.2) is 9.97 Å². The molecule has 3 aromatic rings. The normalized spacial score (nSPS) is 15.8. The first-order valence-electron chi connectivity index (χ1n) is 10.9. The van der Waals surface area contributed by atoms with Gasteiger partial charge < -0.3 is 19.9 Å². The second-order valence-corrected chi connectivity index (χ2v) is 8.22. The van der Waals surface area contributed by atoms with E-state index >= 15 is 0 Å². The average Bonchev–Trinajstić information content (AvgIpc) is 3.44. The van der Waals surface area contributed by atoms with Crippen LogP contribution in [0.25, 0.3) is 11.0 Å². The molecular formula is C22H30N8O2. The Morgan fingerprint density at radius 2 is 1.91 bits per heavy atom. The van der Waals surface area contributed by atoms with Crippen molar-refractivity contribution in [1.82, 2.24) is 34.5 Å².